The minimum Gasteiger partial charge on any atom is -0.383 e. The van der Waals surface area contributed by atoms with Gasteiger partial charge in [-0.2, -0.15) is 0 Å². The van der Waals surface area contributed by atoms with Crippen LogP contribution in [0.5, 0.6) is 0 Å². The molecule has 2 nitrogen and oxygen atoms in total. The molecule has 0 aliphatic carbocycles. The molecule has 0 radical (unpaired) electrons. The number of halogens is 1. The number of hydrogen-bond acceptors (Lipinski definition) is 2. The predicted octanol–water partition coefficient (Wildman–Crippen LogP) is 5.59. The predicted molar refractivity (Wildman–Crippen MR) is 97.9 cm³/mol. The minimum absolute atomic E-state index is 0. The summed E-state index contributed by atoms with van der Waals surface area (Å²) in [5, 5.41) is 8.74. The lowest BCUT2D eigenvalue weighted by molar-refractivity contribution is 0.675. The van der Waals surface area contributed by atoms with E-state index in [1.54, 1.807) is 11.3 Å². The summed E-state index contributed by atoms with van der Waals surface area (Å²) in [7, 11) is 0. The van der Waals surface area contributed by atoms with Gasteiger partial charge in [0.25, 0.3) is 0 Å². The van der Waals surface area contributed by atoms with Crippen LogP contribution in [-0.2, 0) is 0 Å². The summed E-state index contributed by atoms with van der Waals surface area (Å²) in [5.74, 6) is 0.153. The van der Waals surface area contributed by atoms with Gasteiger partial charge in [-0.25, -0.2) is 0 Å². The van der Waals surface area contributed by atoms with Gasteiger partial charge in [-0.05, 0) is 30.5 Å². The average Bonchev–Trinajstić information content (AvgIpc) is 2.87. The Morgan fingerprint density at radius 1 is 1.29 bits per heavy atom. The number of hydrogen-bond donors (Lipinski definition) is 2. The fourth-order valence-corrected chi connectivity index (χ4v) is 3.22. The second-order valence-electron chi connectivity index (χ2n) is 5.04. The Morgan fingerprint density at radius 2 is 2.10 bits per heavy atom. The second-order valence-corrected chi connectivity index (χ2v) is 6.12. The van der Waals surface area contributed by atoms with Crippen LogP contribution in [0.1, 0.15) is 49.5 Å². The molecule has 0 amide bonds. The normalized spacial score (nSPS) is 10.9. The zero-order valence-electron chi connectivity index (χ0n) is 12.4. The highest BCUT2D eigenvalue weighted by Gasteiger charge is 2.06. The number of rotatable bonds is 7. The number of amidine groups is 1. The first-order valence-electron chi connectivity index (χ1n) is 7.26. The van der Waals surface area contributed by atoms with Crippen molar-refractivity contribution in [1.82, 2.24) is 0 Å². The Labute approximate surface area is 137 Å². The van der Waals surface area contributed by atoms with E-state index < -0.39 is 0 Å². The van der Waals surface area contributed by atoms with Crippen molar-refractivity contribution in [2.75, 3.05) is 0 Å². The molecule has 114 valence electrons. The van der Waals surface area contributed by atoms with Crippen molar-refractivity contribution < 1.29 is 0 Å². The number of nitrogen functional groups attached to an aromatic ring is 1. The fourth-order valence-electron chi connectivity index (χ4n) is 2.26. The Bertz CT molecular complexity index is 616. The lowest BCUT2D eigenvalue weighted by atomic mass is 10.1. The van der Waals surface area contributed by atoms with Crippen molar-refractivity contribution in [3.63, 3.8) is 0 Å². The molecule has 1 aromatic carbocycles. The Hall–Kier alpha value is -1.32. The number of nitrogens with two attached hydrogens (primary N) is 1. The molecule has 0 bridgehead atoms. The van der Waals surface area contributed by atoms with Gasteiger partial charge in [0.1, 0.15) is 5.84 Å². The molecule has 1 heterocycles. The topological polar surface area (TPSA) is 49.9 Å². The molecular formula is C17H23ClN2S. The van der Waals surface area contributed by atoms with Gasteiger partial charge in [-0.3, -0.25) is 5.41 Å². The van der Waals surface area contributed by atoms with Gasteiger partial charge in [0, 0.05) is 10.1 Å². The third-order valence-corrected chi connectivity index (χ3v) is 4.52. The van der Waals surface area contributed by atoms with E-state index in [2.05, 4.69) is 37.3 Å². The number of nitrogens with one attached hydrogen (secondary N) is 1. The molecule has 0 spiro atoms. The smallest absolute Gasteiger partial charge is 0.133 e. The number of benzene rings is 1. The van der Waals surface area contributed by atoms with Crippen LogP contribution in [0.4, 0.5) is 0 Å². The zero-order chi connectivity index (χ0) is 14.4. The molecule has 2 aromatic rings. The summed E-state index contributed by atoms with van der Waals surface area (Å²) >= 11 is 1.59. The lowest BCUT2D eigenvalue weighted by Gasteiger charge is -1.97. The molecule has 0 fully saturated rings. The van der Waals surface area contributed by atoms with E-state index in [4.69, 9.17) is 11.1 Å². The Kier molecular flexibility index (Phi) is 7.48. The van der Waals surface area contributed by atoms with Crippen LogP contribution in [-0.4, -0.2) is 5.84 Å². The van der Waals surface area contributed by atoms with Crippen LogP contribution in [0.2, 0.25) is 0 Å². The summed E-state index contributed by atoms with van der Waals surface area (Å²) in [6.07, 6.45) is 10.8. The molecule has 0 atom stereocenters. The monoisotopic (exact) mass is 322 g/mol. The molecule has 4 heteroatoms. The highest BCUT2D eigenvalue weighted by atomic mass is 35.5. The van der Waals surface area contributed by atoms with Gasteiger partial charge in [0.05, 0.1) is 4.88 Å². The van der Waals surface area contributed by atoms with Crippen LogP contribution in [0.15, 0.2) is 30.3 Å². The van der Waals surface area contributed by atoms with Gasteiger partial charge < -0.3 is 5.73 Å². The van der Waals surface area contributed by atoms with E-state index in [0.717, 1.165) is 11.3 Å². The molecule has 0 saturated heterocycles. The van der Waals surface area contributed by atoms with E-state index in [1.807, 2.05) is 6.07 Å². The van der Waals surface area contributed by atoms with Crippen molar-refractivity contribution in [2.45, 2.75) is 39.0 Å². The summed E-state index contributed by atoms with van der Waals surface area (Å²) in [6, 6.07) is 8.31. The molecule has 0 aliphatic rings. The average molecular weight is 323 g/mol. The van der Waals surface area contributed by atoms with Crippen LogP contribution in [0.25, 0.3) is 16.2 Å². The van der Waals surface area contributed by atoms with E-state index in [1.165, 1.54) is 41.3 Å². The van der Waals surface area contributed by atoms with E-state index in [9.17, 15) is 0 Å². The first kappa shape index (κ1) is 17.7. The van der Waals surface area contributed by atoms with Crippen LogP contribution in [0, 0.1) is 5.41 Å². The van der Waals surface area contributed by atoms with Crippen LogP contribution in [0.3, 0.4) is 0 Å². The first-order chi connectivity index (χ1) is 9.72. The maximum Gasteiger partial charge on any atom is 0.133 e. The van der Waals surface area contributed by atoms with Crippen molar-refractivity contribution in [2.24, 2.45) is 5.73 Å². The van der Waals surface area contributed by atoms with Crippen molar-refractivity contribution in [1.29, 1.82) is 5.41 Å². The SMILES string of the molecule is CCCCCCC=Cc1cccc2sc(C(=N)N)cc12.Cl. The summed E-state index contributed by atoms with van der Waals surface area (Å²) in [4.78, 5) is 0.851. The molecule has 1 aromatic heterocycles. The Morgan fingerprint density at radius 3 is 2.81 bits per heavy atom. The largest absolute Gasteiger partial charge is 0.383 e. The number of allylic oxidation sites excluding steroid dienone is 1. The van der Waals surface area contributed by atoms with E-state index in [-0.39, 0.29) is 18.2 Å². The third kappa shape index (κ3) is 4.87. The molecule has 3 N–H and O–H groups in total. The van der Waals surface area contributed by atoms with Crippen molar-refractivity contribution in [3.05, 3.63) is 40.8 Å². The van der Waals surface area contributed by atoms with Crippen molar-refractivity contribution in [3.8, 4) is 0 Å². The standard InChI is InChI=1S/C17H22N2S.ClH/c1-2-3-4-5-6-7-9-13-10-8-11-15-14(13)12-16(20-15)17(18)19;/h7-12H,2-6H2,1H3,(H3,18,19);1H. The van der Waals surface area contributed by atoms with Gasteiger partial charge >= 0.3 is 0 Å². The number of fused-ring (bicyclic) bond motifs is 1. The van der Waals surface area contributed by atoms with Gasteiger partial charge in [-0.15, -0.1) is 23.7 Å². The van der Waals surface area contributed by atoms with Crippen molar-refractivity contribution >= 4 is 45.7 Å². The van der Waals surface area contributed by atoms with Gasteiger partial charge in [-0.1, -0.05) is 50.5 Å². The summed E-state index contributed by atoms with van der Waals surface area (Å²) in [6.45, 7) is 2.24. The molecule has 0 aliphatic heterocycles. The second kappa shape index (κ2) is 8.85. The van der Waals surface area contributed by atoms with Crippen LogP contribution >= 0.6 is 23.7 Å². The van der Waals surface area contributed by atoms with Gasteiger partial charge in [0.2, 0.25) is 0 Å². The molecule has 0 saturated carbocycles. The zero-order valence-corrected chi connectivity index (χ0v) is 14.0. The quantitative estimate of drug-likeness (QED) is 0.389. The summed E-state index contributed by atoms with van der Waals surface area (Å²) < 4.78 is 1.20. The maximum absolute atomic E-state index is 7.54. The molecule has 0 unspecified atom stereocenters. The minimum atomic E-state index is 0. The maximum atomic E-state index is 7.54. The first-order valence-corrected chi connectivity index (χ1v) is 8.07. The fraction of sp³-hybridized carbons (Fsp3) is 0.353. The lowest BCUT2D eigenvalue weighted by Crippen LogP contribution is -2.08. The number of thiophene rings is 1. The molecular weight excluding hydrogens is 300 g/mol. The Balaban J connectivity index is 0.00000220. The highest BCUT2D eigenvalue weighted by molar-refractivity contribution is 7.20. The molecule has 2 rings (SSSR count). The highest BCUT2D eigenvalue weighted by Crippen LogP contribution is 2.29. The van der Waals surface area contributed by atoms with Crippen LogP contribution < -0.4 is 5.73 Å². The number of unbranched alkanes of at least 4 members (excludes halogenated alkanes) is 4. The molecule has 21 heavy (non-hydrogen) atoms. The summed E-state index contributed by atoms with van der Waals surface area (Å²) in [5.41, 5.74) is 6.80. The third-order valence-electron chi connectivity index (χ3n) is 3.38. The van der Waals surface area contributed by atoms with Gasteiger partial charge in [0.15, 0.2) is 0 Å². The van der Waals surface area contributed by atoms with E-state index in [0.29, 0.717) is 0 Å². The van der Waals surface area contributed by atoms with E-state index >= 15 is 0 Å².